The summed E-state index contributed by atoms with van der Waals surface area (Å²) < 4.78 is 0. The summed E-state index contributed by atoms with van der Waals surface area (Å²) in [6.07, 6.45) is 0. The van der Waals surface area contributed by atoms with Crippen molar-refractivity contribution < 1.29 is 9.72 Å². The molecular formula is C23H22N6O3. The van der Waals surface area contributed by atoms with Crippen LogP contribution in [-0.4, -0.2) is 22.3 Å². The zero-order valence-corrected chi connectivity index (χ0v) is 17.6. The van der Waals surface area contributed by atoms with E-state index in [2.05, 4.69) is 26.4 Å². The number of non-ortho nitro benzene ring substituents is 1. The third kappa shape index (κ3) is 5.99. The number of benzene rings is 3. The van der Waals surface area contributed by atoms with Crippen molar-refractivity contribution in [2.75, 3.05) is 16.2 Å². The Balaban J connectivity index is 1.85. The van der Waals surface area contributed by atoms with Crippen LogP contribution in [0.25, 0.3) is 0 Å². The lowest BCUT2D eigenvalue weighted by molar-refractivity contribution is -0.384. The minimum Gasteiger partial charge on any atom is -0.320 e. The Morgan fingerprint density at radius 1 is 0.844 bits per heavy atom. The fraction of sp³-hybridized carbons (Fsp3) is 0.0870. The fourth-order valence-corrected chi connectivity index (χ4v) is 2.68. The summed E-state index contributed by atoms with van der Waals surface area (Å²) in [6.45, 7) is 3.54. The van der Waals surface area contributed by atoms with Crippen molar-refractivity contribution in [3.8, 4) is 0 Å². The molecule has 3 N–H and O–H groups in total. The van der Waals surface area contributed by atoms with E-state index in [0.29, 0.717) is 17.1 Å². The summed E-state index contributed by atoms with van der Waals surface area (Å²) in [6, 6.07) is 22.4. The molecule has 0 spiro atoms. The average Bonchev–Trinajstić information content (AvgIpc) is 2.80. The van der Waals surface area contributed by atoms with E-state index in [1.165, 1.54) is 24.3 Å². The van der Waals surface area contributed by atoms with Crippen LogP contribution >= 0.6 is 0 Å². The second-order valence-corrected chi connectivity index (χ2v) is 6.82. The van der Waals surface area contributed by atoms with Crippen LogP contribution in [0.3, 0.4) is 0 Å². The number of amides is 1. The molecule has 1 amide bonds. The van der Waals surface area contributed by atoms with E-state index >= 15 is 0 Å². The predicted molar refractivity (Wildman–Crippen MR) is 127 cm³/mol. The number of carbonyl (C=O) groups is 1. The summed E-state index contributed by atoms with van der Waals surface area (Å²) in [5.41, 5.74) is 8.82. The standard InChI is InChI=1S/C23H22N6O3/c1-16-8-6-7-11-21(16)24-23(30)22(17(2)25-26-18-9-4-3-5-10-18)28-27-19-12-14-20(15-13-19)29(31)32/h3-15,26-27H,1-2H3,(H,24,30)/b25-17-,28-22-. The number of hydrogen-bond donors (Lipinski definition) is 3. The lowest BCUT2D eigenvalue weighted by atomic mass is 10.2. The van der Waals surface area contributed by atoms with Crippen molar-refractivity contribution in [1.82, 2.24) is 0 Å². The Morgan fingerprint density at radius 3 is 2.09 bits per heavy atom. The number of hydrogen-bond acceptors (Lipinski definition) is 7. The van der Waals surface area contributed by atoms with Gasteiger partial charge in [0.2, 0.25) is 0 Å². The number of anilines is 3. The van der Waals surface area contributed by atoms with Gasteiger partial charge in [-0.2, -0.15) is 10.2 Å². The third-order valence-electron chi connectivity index (χ3n) is 4.45. The molecule has 3 rings (SSSR count). The molecule has 0 unspecified atom stereocenters. The molecule has 0 aromatic heterocycles. The van der Waals surface area contributed by atoms with Crippen LogP contribution in [0.2, 0.25) is 0 Å². The molecule has 0 aliphatic carbocycles. The maximum absolute atomic E-state index is 13.0. The number of nitrogens with zero attached hydrogens (tertiary/aromatic N) is 3. The van der Waals surface area contributed by atoms with E-state index in [-0.39, 0.29) is 11.4 Å². The number of rotatable bonds is 8. The van der Waals surface area contributed by atoms with Gasteiger partial charge in [0.05, 0.1) is 22.0 Å². The molecule has 0 saturated heterocycles. The van der Waals surface area contributed by atoms with Gasteiger partial charge in [-0.15, -0.1) is 0 Å². The Hall–Kier alpha value is -4.53. The van der Waals surface area contributed by atoms with Crippen LogP contribution in [0.15, 0.2) is 89.1 Å². The van der Waals surface area contributed by atoms with Crippen LogP contribution in [0.4, 0.5) is 22.7 Å². The van der Waals surface area contributed by atoms with Gasteiger partial charge in [0.25, 0.3) is 11.6 Å². The second kappa shape index (κ2) is 10.5. The SMILES string of the molecule is CC(=N/Nc1ccccc1)/C(=N/Nc1ccc([N+](=O)[O-])cc1)C(=O)Nc1ccccc1C. The van der Waals surface area contributed by atoms with Gasteiger partial charge in [0.15, 0.2) is 5.71 Å². The molecule has 0 fully saturated rings. The quantitative estimate of drug-likeness (QED) is 0.269. The van der Waals surface area contributed by atoms with Gasteiger partial charge in [-0.25, -0.2) is 0 Å². The van der Waals surface area contributed by atoms with E-state index in [9.17, 15) is 14.9 Å². The van der Waals surface area contributed by atoms with Crippen LogP contribution < -0.4 is 16.2 Å². The van der Waals surface area contributed by atoms with Gasteiger partial charge >= 0.3 is 0 Å². The summed E-state index contributed by atoms with van der Waals surface area (Å²) >= 11 is 0. The second-order valence-electron chi connectivity index (χ2n) is 6.82. The van der Waals surface area contributed by atoms with Crippen LogP contribution in [0, 0.1) is 17.0 Å². The van der Waals surface area contributed by atoms with Crippen molar-refractivity contribution in [1.29, 1.82) is 0 Å². The molecule has 0 saturated carbocycles. The number of para-hydroxylation sites is 2. The molecule has 3 aromatic carbocycles. The smallest absolute Gasteiger partial charge is 0.278 e. The average molecular weight is 430 g/mol. The Labute approximate surface area is 185 Å². The first kappa shape index (κ1) is 22.2. The molecular weight excluding hydrogens is 408 g/mol. The number of carbonyl (C=O) groups excluding carboxylic acids is 1. The van der Waals surface area contributed by atoms with Gasteiger partial charge in [-0.05, 0) is 49.7 Å². The van der Waals surface area contributed by atoms with Crippen molar-refractivity contribution in [2.24, 2.45) is 10.2 Å². The van der Waals surface area contributed by atoms with Gasteiger partial charge in [0, 0.05) is 17.8 Å². The van der Waals surface area contributed by atoms with Crippen molar-refractivity contribution >= 4 is 40.1 Å². The molecule has 32 heavy (non-hydrogen) atoms. The minimum atomic E-state index is -0.486. The van der Waals surface area contributed by atoms with E-state index < -0.39 is 10.8 Å². The molecule has 0 radical (unpaired) electrons. The summed E-state index contributed by atoms with van der Waals surface area (Å²) in [5.74, 6) is -0.454. The van der Waals surface area contributed by atoms with Gasteiger partial charge in [-0.3, -0.25) is 25.8 Å². The first-order chi connectivity index (χ1) is 15.4. The molecule has 0 bridgehead atoms. The van der Waals surface area contributed by atoms with Crippen molar-refractivity contribution in [3.05, 3.63) is 94.5 Å². The van der Waals surface area contributed by atoms with E-state index in [0.717, 1.165) is 11.3 Å². The first-order valence-corrected chi connectivity index (χ1v) is 9.75. The molecule has 0 aliphatic rings. The maximum atomic E-state index is 13.0. The van der Waals surface area contributed by atoms with Gasteiger partial charge in [-0.1, -0.05) is 36.4 Å². The molecule has 9 nitrogen and oxygen atoms in total. The number of hydrazone groups is 2. The third-order valence-corrected chi connectivity index (χ3v) is 4.45. The summed E-state index contributed by atoms with van der Waals surface area (Å²) in [4.78, 5) is 23.3. The zero-order valence-electron chi connectivity index (χ0n) is 17.6. The highest BCUT2D eigenvalue weighted by molar-refractivity contribution is 6.68. The molecule has 0 aliphatic heterocycles. The van der Waals surface area contributed by atoms with Gasteiger partial charge in [0.1, 0.15) is 0 Å². The zero-order chi connectivity index (χ0) is 22.9. The maximum Gasteiger partial charge on any atom is 0.278 e. The van der Waals surface area contributed by atoms with E-state index in [1.54, 1.807) is 13.0 Å². The van der Waals surface area contributed by atoms with Gasteiger partial charge < -0.3 is 5.32 Å². The van der Waals surface area contributed by atoms with E-state index in [4.69, 9.17) is 0 Å². The van der Waals surface area contributed by atoms with Crippen LogP contribution in [0.5, 0.6) is 0 Å². The number of nitro groups is 1. The van der Waals surface area contributed by atoms with Crippen LogP contribution in [-0.2, 0) is 4.79 Å². The van der Waals surface area contributed by atoms with Crippen LogP contribution in [0.1, 0.15) is 12.5 Å². The number of nitro benzene ring substituents is 1. The predicted octanol–water partition coefficient (Wildman–Crippen LogP) is 4.80. The number of aryl methyl sites for hydroxylation is 1. The minimum absolute atomic E-state index is 0.0400. The Kier molecular flexibility index (Phi) is 7.26. The normalized spacial score (nSPS) is 11.6. The largest absolute Gasteiger partial charge is 0.320 e. The molecule has 3 aromatic rings. The Bertz CT molecular complexity index is 1160. The Morgan fingerprint density at radius 2 is 1.44 bits per heavy atom. The topological polar surface area (TPSA) is 121 Å². The number of nitrogens with one attached hydrogen (secondary N) is 3. The highest BCUT2D eigenvalue weighted by Crippen LogP contribution is 2.16. The lowest BCUT2D eigenvalue weighted by Gasteiger charge is -2.11. The molecule has 162 valence electrons. The summed E-state index contributed by atoms with van der Waals surface area (Å²) in [7, 11) is 0. The lowest BCUT2D eigenvalue weighted by Crippen LogP contribution is -2.30. The fourth-order valence-electron chi connectivity index (χ4n) is 2.68. The molecule has 9 heteroatoms. The van der Waals surface area contributed by atoms with Crippen molar-refractivity contribution in [2.45, 2.75) is 13.8 Å². The highest BCUT2D eigenvalue weighted by atomic mass is 16.6. The first-order valence-electron chi connectivity index (χ1n) is 9.75. The molecule has 0 heterocycles. The monoisotopic (exact) mass is 430 g/mol. The highest BCUT2D eigenvalue weighted by Gasteiger charge is 2.17. The van der Waals surface area contributed by atoms with Crippen molar-refractivity contribution in [3.63, 3.8) is 0 Å². The summed E-state index contributed by atoms with van der Waals surface area (Å²) in [5, 5.41) is 22.2. The molecule has 0 atom stereocenters. The van der Waals surface area contributed by atoms with E-state index in [1.807, 2.05) is 55.5 Å².